The molecular weight excluding hydrogens is 525 g/mol. The number of aromatic nitrogens is 4. The minimum Gasteiger partial charge on any atom is -0.341 e. The summed E-state index contributed by atoms with van der Waals surface area (Å²) < 4.78 is 16.3. The van der Waals surface area contributed by atoms with Gasteiger partial charge in [0.05, 0.1) is 5.69 Å². The molecule has 200 valence electrons. The number of hydrogen-bond acceptors (Lipinski definition) is 11. The molecule has 0 atom stereocenters. The third-order valence-corrected chi connectivity index (χ3v) is 8.68. The van der Waals surface area contributed by atoms with E-state index in [9.17, 15) is 9.18 Å². The first-order valence-electron chi connectivity index (χ1n) is 13.1. The zero-order valence-electron chi connectivity index (χ0n) is 21.1. The molecule has 3 aromatic rings. The molecule has 0 saturated carbocycles. The van der Waals surface area contributed by atoms with Crippen LogP contribution in [0.25, 0.3) is 11.3 Å². The average Bonchev–Trinajstić information content (AvgIpc) is 3.75. The Kier molecular flexibility index (Phi) is 7.45. The van der Waals surface area contributed by atoms with Crippen molar-refractivity contribution in [3.63, 3.8) is 0 Å². The Labute approximate surface area is 229 Å². The molecule has 6 rings (SSSR count). The first-order chi connectivity index (χ1) is 18.6. The van der Waals surface area contributed by atoms with Gasteiger partial charge in [-0.2, -0.15) is 15.0 Å². The molecule has 10 nitrogen and oxygen atoms in total. The fourth-order valence-corrected chi connectivity index (χ4v) is 6.33. The van der Waals surface area contributed by atoms with E-state index in [1.54, 1.807) is 12.1 Å². The van der Waals surface area contributed by atoms with E-state index in [1.807, 2.05) is 10.3 Å². The second-order valence-electron chi connectivity index (χ2n) is 9.61. The lowest BCUT2D eigenvalue weighted by atomic mass is 10.2. The van der Waals surface area contributed by atoms with Crippen molar-refractivity contribution in [3.8, 4) is 11.3 Å². The van der Waals surface area contributed by atoms with Gasteiger partial charge in [0.25, 0.3) is 0 Å². The highest BCUT2D eigenvalue weighted by molar-refractivity contribution is 8.14. The Hall–Kier alpha value is -3.19. The number of nitrogens with one attached hydrogen (secondary N) is 1. The van der Waals surface area contributed by atoms with Gasteiger partial charge >= 0.3 is 5.24 Å². The lowest BCUT2D eigenvalue weighted by Crippen LogP contribution is -2.48. The largest absolute Gasteiger partial charge is 0.341 e. The second-order valence-corrected chi connectivity index (χ2v) is 11.2. The van der Waals surface area contributed by atoms with E-state index in [2.05, 4.69) is 24.4 Å². The van der Waals surface area contributed by atoms with Gasteiger partial charge in [0.2, 0.25) is 17.8 Å². The number of anilines is 4. The molecule has 3 aliphatic rings. The van der Waals surface area contributed by atoms with Gasteiger partial charge < -0.3 is 19.6 Å². The molecule has 0 radical (unpaired) electrons. The predicted molar refractivity (Wildman–Crippen MR) is 151 cm³/mol. The lowest BCUT2D eigenvalue weighted by molar-refractivity contribution is 0.219. The molecule has 0 bridgehead atoms. The molecule has 1 N–H and O–H groups in total. The molecule has 0 aliphatic carbocycles. The third-order valence-electron chi connectivity index (χ3n) is 7.07. The quantitative estimate of drug-likeness (QED) is 0.443. The zero-order valence-corrected chi connectivity index (χ0v) is 22.7. The number of piperazine rings is 1. The molecule has 3 aliphatic heterocycles. The van der Waals surface area contributed by atoms with Crippen LogP contribution in [0, 0.1) is 5.82 Å². The van der Waals surface area contributed by atoms with Crippen LogP contribution in [-0.2, 0) is 0 Å². The van der Waals surface area contributed by atoms with Gasteiger partial charge in [-0.25, -0.2) is 9.37 Å². The summed E-state index contributed by atoms with van der Waals surface area (Å²) in [6.45, 7) is 6.47. The first kappa shape index (κ1) is 25.1. The minimum atomic E-state index is -0.280. The van der Waals surface area contributed by atoms with E-state index in [0.29, 0.717) is 37.3 Å². The minimum absolute atomic E-state index is 0.0469. The fourth-order valence-electron chi connectivity index (χ4n) is 4.92. The van der Waals surface area contributed by atoms with Gasteiger partial charge in [-0.1, -0.05) is 0 Å². The third kappa shape index (κ3) is 5.63. The molecule has 3 fully saturated rings. The standard InChI is InChI=1S/C25H30FN9OS2/c26-19-7-5-18(6-8-19)20-17-37-24(27-20)31-38-25(36)35-15-13-34(14-16-35)23-29-21(32-9-1-2-10-32)28-22(30-23)33-11-3-4-12-33/h5-8,17H,1-4,9-16H2,(H,27,31). The van der Waals surface area contributed by atoms with Gasteiger partial charge in [0.15, 0.2) is 5.13 Å². The summed E-state index contributed by atoms with van der Waals surface area (Å²) in [5.41, 5.74) is 1.58. The summed E-state index contributed by atoms with van der Waals surface area (Å²) >= 11 is 2.45. The number of rotatable bonds is 6. The van der Waals surface area contributed by atoms with Crippen molar-refractivity contribution < 1.29 is 9.18 Å². The van der Waals surface area contributed by atoms with Crippen LogP contribution in [0.2, 0.25) is 0 Å². The Morgan fingerprint density at radius 1 is 0.763 bits per heavy atom. The Balaban J connectivity index is 1.06. The van der Waals surface area contributed by atoms with E-state index in [4.69, 9.17) is 15.0 Å². The van der Waals surface area contributed by atoms with E-state index in [-0.39, 0.29) is 11.1 Å². The molecule has 5 heterocycles. The predicted octanol–water partition coefficient (Wildman–Crippen LogP) is 4.34. The normalized spacial score (nSPS) is 17.9. The van der Waals surface area contributed by atoms with Crippen molar-refractivity contribution in [3.05, 3.63) is 35.5 Å². The maximum absolute atomic E-state index is 13.2. The summed E-state index contributed by atoms with van der Waals surface area (Å²) in [4.78, 5) is 40.4. The molecule has 0 unspecified atom stereocenters. The highest BCUT2D eigenvalue weighted by atomic mass is 32.2. The van der Waals surface area contributed by atoms with Gasteiger partial charge in [0.1, 0.15) is 5.82 Å². The van der Waals surface area contributed by atoms with E-state index < -0.39 is 0 Å². The molecule has 3 saturated heterocycles. The van der Waals surface area contributed by atoms with Crippen LogP contribution in [-0.4, -0.2) is 82.4 Å². The van der Waals surface area contributed by atoms with Crippen molar-refractivity contribution in [2.45, 2.75) is 25.7 Å². The SMILES string of the molecule is O=C(SNc1nc(-c2ccc(F)cc2)cs1)N1CCN(c2nc(N3CCCC3)nc(N3CCCC3)n2)CC1. The van der Waals surface area contributed by atoms with Crippen LogP contribution in [0.5, 0.6) is 0 Å². The van der Waals surface area contributed by atoms with Crippen LogP contribution in [0.3, 0.4) is 0 Å². The first-order valence-corrected chi connectivity index (χ1v) is 14.8. The van der Waals surface area contributed by atoms with Gasteiger partial charge in [-0.15, -0.1) is 11.3 Å². The summed E-state index contributed by atoms with van der Waals surface area (Å²) in [5, 5.41) is 2.48. The number of amides is 1. The Morgan fingerprint density at radius 3 is 1.84 bits per heavy atom. The van der Waals surface area contributed by atoms with Crippen LogP contribution < -0.4 is 19.4 Å². The highest BCUT2D eigenvalue weighted by Crippen LogP contribution is 2.28. The number of nitrogens with zero attached hydrogens (tertiary/aromatic N) is 8. The number of thiazole rings is 1. The maximum Gasteiger partial charge on any atom is 0.302 e. The molecular formula is C25H30FN9OS2. The van der Waals surface area contributed by atoms with E-state index in [1.165, 1.54) is 49.2 Å². The summed E-state index contributed by atoms with van der Waals surface area (Å²) in [6.07, 6.45) is 4.67. The van der Waals surface area contributed by atoms with Crippen molar-refractivity contribution in [2.75, 3.05) is 71.8 Å². The maximum atomic E-state index is 13.2. The van der Waals surface area contributed by atoms with Crippen LogP contribution in [0.4, 0.5) is 32.2 Å². The monoisotopic (exact) mass is 555 g/mol. The van der Waals surface area contributed by atoms with Gasteiger partial charge in [-0.3, -0.25) is 9.52 Å². The summed E-state index contributed by atoms with van der Waals surface area (Å²) in [7, 11) is 0. The zero-order chi connectivity index (χ0) is 25.9. The van der Waals surface area contributed by atoms with Crippen molar-refractivity contribution in [1.82, 2.24) is 24.8 Å². The van der Waals surface area contributed by atoms with Crippen molar-refractivity contribution in [2.24, 2.45) is 0 Å². The topological polar surface area (TPSA) is 93.6 Å². The fraction of sp³-hybridized carbons (Fsp3) is 0.480. The van der Waals surface area contributed by atoms with E-state index >= 15 is 0 Å². The van der Waals surface area contributed by atoms with Crippen LogP contribution in [0.15, 0.2) is 29.6 Å². The number of carbonyl (C=O) groups is 1. The van der Waals surface area contributed by atoms with Gasteiger partial charge in [-0.05, 0) is 49.9 Å². The number of benzene rings is 1. The average molecular weight is 556 g/mol. The molecule has 38 heavy (non-hydrogen) atoms. The molecule has 13 heteroatoms. The second kappa shape index (κ2) is 11.3. The Morgan fingerprint density at radius 2 is 1.29 bits per heavy atom. The molecule has 1 aromatic carbocycles. The number of hydrogen-bond donors (Lipinski definition) is 1. The summed E-state index contributed by atoms with van der Waals surface area (Å²) in [6, 6.07) is 6.22. The summed E-state index contributed by atoms with van der Waals surface area (Å²) in [5.74, 6) is 1.98. The molecule has 0 spiro atoms. The van der Waals surface area contributed by atoms with Crippen LogP contribution in [0.1, 0.15) is 25.7 Å². The molecule has 1 amide bonds. The highest BCUT2D eigenvalue weighted by Gasteiger charge is 2.27. The van der Waals surface area contributed by atoms with Gasteiger partial charge in [0, 0.05) is 75.2 Å². The van der Waals surface area contributed by atoms with Crippen LogP contribution >= 0.6 is 23.3 Å². The number of carbonyl (C=O) groups excluding carboxylic acids is 1. The smallest absolute Gasteiger partial charge is 0.302 e. The number of halogens is 1. The van der Waals surface area contributed by atoms with Crippen molar-refractivity contribution in [1.29, 1.82) is 0 Å². The Bertz CT molecular complexity index is 1220. The molecule has 2 aromatic heterocycles. The van der Waals surface area contributed by atoms with Crippen molar-refractivity contribution >= 4 is 51.5 Å². The lowest BCUT2D eigenvalue weighted by Gasteiger charge is -2.35. The van der Waals surface area contributed by atoms with E-state index in [0.717, 1.165) is 61.3 Å².